The van der Waals surface area contributed by atoms with E-state index in [1.807, 2.05) is 0 Å². The van der Waals surface area contributed by atoms with Crippen molar-refractivity contribution in [3.05, 3.63) is 16.1 Å². The van der Waals surface area contributed by atoms with Gasteiger partial charge in [0.1, 0.15) is 5.01 Å². The zero-order valence-corrected chi connectivity index (χ0v) is 9.46. The molecule has 82 valence electrons. The van der Waals surface area contributed by atoms with Crippen molar-refractivity contribution < 1.29 is 9.90 Å². The van der Waals surface area contributed by atoms with E-state index < -0.39 is 5.97 Å². The first-order valence-electron chi connectivity index (χ1n) is 5.07. The predicted molar refractivity (Wildman–Crippen MR) is 58.3 cm³/mol. The zero-order valence-electron chi connectivity index (χ0n) is 8.64. The van der Waals surface area contributed by atoms with Crippen molar-refractivity contribution in [1.29, 1.82) is 0 Å². The number of piperidine rings is 1. The minimum atomic E-state index is -0.934. The summed E-state index contributed by atoms with van der Waals surface area (Å²) in [6, 6.07) is 0.317. The second kappa shape index (κ2) is 4.28. The average molecular weight is 226 g/mol. The Hall–Kier alpha value is -0.940. The van der Waals surface area contributed by atoms with Crippen molar-refractivity contribution in [1.82, 2.24) is 9.88 Å². The Kier molecular flexibility index (Phi) is 3.02. The molecule has 1 saturated heterocycles. The van der Waals surface area contributed by atoms with Gasteiger partial charge in [-0.05, 0) is 26.4 Å². The minimum absolute atomic E-state index is 0.175. The lowest BCUT2D eigenvalue weighted by atomic mass is 10.0. The van der Waals surface area contributed by atoms with E-state index in [9.17, 15) is 4.79 Å². The van der Waals surface area contributed by atoms with Gasteiger partial charge in [0.2, 0.25) is 0 Å². The molecule has 1 unspecified atom stereocenters. The summed E-state index contributed by atoms with van der Waals surface area (Å²) in [6.07, 6.45) is 3.52. The van der Waals surface area contributed by atoms with Gasteiger partial charge in [0.15, 0.2) is 5.69 Å². The third-order valence-electron chi connectivity index (χ3n) is 2.80. The Labute approximate surface area is 92.6 Å². The van der Waals surface area contributed by atoms with Crippen LogP contribution in [0.2, 0.25) is 0 Å². The van der Waals surface area contributed by atoms with Crippen molar-refractivity contribution in [2.45, 2.75) is 25.3 Å². The normalized spacial score (nSPS) is 22.9. The third kappa shape index (κ3) is 2.18. The Bertz CT molecular complexity index is 364. The molecule has 1 aliphatic rings. The van der Waals surface area contributed by atoms with Gasteiger partial charge < -0.3 is 5.11 Å². The summed E-state index contributed by atoms with van der Waals surface area (Å²) in [6.45, 7) is 1.08. The molecule has 0 aromatic carbocycles. The lowest BCUT2D eigenvalue weighted by Crippen LogP contribution is -2.29. The molecule has 2 rings (SSSR count). The van der Waals surface area contributed by atoms with Gasteiger partial charge in [-0.15, -0.1) is 11.3 Å². The van der Waals surface area contributed by atoms with Crippen LogP contribution in [0.15, 0.2) is 5.38 Å². The lowest BCUT2D eigenvalue weighted by Gasteiger charge is -2.30. The molecule has 0 saturated carbocycles. The van der Waals surface area contributed by atoms with Crippen LogP contribution in [0.4, 0.5) is 0 Å². The monoisotopic (exact) mass is 226 g/mol. The van der Waals surface area contributed by atoms with E-state index >= 15 is 0 Å². The summed E-state index contributed by atoms with van der Waals surface area (Å²) in [5, 5.41) is 11.4. The van der Waals surface area contributed by atoms with Crippen LogP contribution < -0.4 is 0 Å². The third-order valence-corrected chi connectivity index (χ3v) is 3.74. The van der Waals surface area contributed by atoms with Gasteiger partial charge in [-0.2, -0.15) is 0 Å². The van der Waals surface area contributed by atoms with E-state index in [1.54, 1.807) is 5.38 Å². The van der Waals surface area contributed by atoms with Crippen LogP contribution in [0, 0.1) is 0 Å². The van der Waals surface area contributed by atoms with E-state index in [0.29, 0.717) is 6.04 Å². The Morgan fingerprint density at radius 3 is 3.07 bits per heavy atom. The summed E-state index contributed by atoms with van der Waals surface area (Å²) < 4.78 is 0. The van der Waals surface area contributed by atoms with Crippen molar-refractivity contribution >= 4 is 17.3 Å². The number of thiazole rings is 1. The molecule has 1 aromatic heterocycles. The van der Waals surface area contributed by atoms with Crippen LogP contribution in [-0.2, 0) is 0 Å². The molecular formula is C10H14N2O2S. The van der Waals surface area contributed by atoms with E-state index in [1.165, 1.54) is 24.2 Å². The van der Waals surface area contributed by atoms with Gasteiger partial charge in [-0.25, -0.2) is 9.78 Å². The molecule has 1 fully saturated rings. The first kappa shape index (κ1) is 10.6. The van der Waals surface area contributed by atoms with E-state index in [2.05, 4.69) is 16.9 Å². The van der Waals surface area contributed by atoms with Crippen LogP contribution in [0.5, 0.6) is 0 Å². The number of aromatic carboxylic acids is 1. The smallest absolute Gasteiger partial charge is 0.355 e. The predicted octanol–water partition coefficient (Wildman–Crippen LogP) is 2.00. The van der Waals surface area contributed by atoms with Crippen molar-refractivity contribution in [3.63, 3.8) is 0 Å². The second-order valence-electron chi connectivity index (χ2n) is 3.87. The number of nitrogens with zero attached hydrogens (tertiary/aromatic N) is 2. The van der Waals surface area contributed by atoms with Gasteiger partial charge in [0, 0.05) is 5.38 Å². The summed E-state index contributed by atoms with van der Waals surface area (Å²) in [5.41, 5.74) is 0.175. The highest BCUT2D eigenvalue weighted by molar-refractivity contribution is 7.09. The quantitative estimate of drug-likeness (QED) is 0.838. The number of hydrogen-bond acceptors (Lipinski definition) is 4. The van der Waals surface area contributed by atoms with Crippen molar-refractivity contribution in [2.24, 2.45) is 0 Å². The van der Waals surface area contributed by atoms with Gasteiger partial charge in [0.25, 0.3) is 0 Å². The number of carboxylic acids is 1. The van der Waals surface area contributed by atoms with Crippen molar-refractivity contribution in [3.8, 4) is 0 Å². The fourth-order valence-corrected chi connectivity index (χ4v) is 2.92. The van der Waals surface area contributed by atoms with Crippen LogP contribution >= 0.6 is 11.3 Å². The largest absolute Gasteiger partial charge is 0.476 e. The molecule has 1 aromatic rings. The Balaban J connectivity index is 2.17. The molecule has 5 heteroatoms. The zero-order chi connectivity index (χ0) is 10.8. The summed E-state index contributed by atoms with van der Waals surface area (Å²) in [5.74, 6) is -0.934. The maximum Gasteiger partial charge on any atom is 0.355 e. The second-order valence-corrected chi connectivity index (χ2v) is 4.76. The molecule has 0 radical (unpaired) electrons. The fraction of sp³-hybridized carbons (Fsp3) is 0.600. The summed E-state index contributed by atoms with van der Waals surface area (Å²) >= 11 is 1.45. The van der Waals surface area contributed by atoms with E-state index in [4.69, 9.17) is 5.11 Å². The minimum Gasteiger partial charge on any atom is -0.476 e. The molecule has 2 heterocycles. The summed E-state index contributed by atoms with van der Waals surface area (Å²) in [4.78, 5) is 17.1. The van der Waals surface area contributed by atoms with E-state index in [-0.39, 0.29) is 5.69 Å². The highest BCUT2D eigenvalue weighted by atomic mass is 32.1. The molecule has 0 spiro atoms. The molecule has 1 aliphatic heterocycles. The number of carbonyl (C=O) groups is 1. The summed E-state index contributed by atoms with van der Waals surface area (Å²) in [7, 11) is 2.08. The number of likely N-dealkylation sites (tertiary alicyclic amines) is 1. The van der Waals surface area contributed by atoms with Crippen molar-refractivity contribution in [2.75, 3.05) is 13.6 Å². The SMILES string of the molecule is CN1CCCCC1c1nc(C(=O)O)cs1. The van der Waals surface area contributed by atoms with Gasteiger partial charge in [-0.3, -0.25) is 4.90 Å². The molecule has 15 heavy (non-hydrogen) atoms. The number of aromatic nitrogens is 1. The van der Waals surface area contributed by atoms with Gasteiger partial charge >= 0.3 is 5.97 Å². The molecule has 0 bridgehead atoms. The molecule has 1 atom stereocenters. The van der Waals surface area contributed by atoms with E-state index in [0.717, 1.165) is 18.0 Å². The van der Waals surface area contributed by atoms with Gasteiger partial charge in [-0.1, -0.05) is 6.42 Å². The Morgan fingerprint density at radius 1 is 1.67 bits per heavy atom. The van der Waals surface area contributed by atoms with Gasteiger partial charge in [0.05, 0.1) is 6.04 Å². The Morgan fingerprint density at radius 2 is 2.47 bits per heavy atom. The van der Waals surface area contributed by atoms with Crippen LogP contribution in [-0.4, -0.2) is 34.6 Å². The average Bonchev–Trinajstić information content (AvgIpc) is 2.67. The highest BCUT2D eigenvalue weighted by Gasteiger charge is 2.24. The maximum absolute atomic E-state index is 10.7. The molecule has 4 nitrogen and oxygen atoms in total. The maximum atomic E-state index is 10.7. The first-order chi connectivity index (χ1) is 7.18. The van der Waals surface area contributed by atoms with Crippen LogP contribution in [0.1, 0.15) is 40.8 Å². The number of rotatable bonds is 2. The number of hydrogen-bond donors (Lipinski definition) is 1. The topological polar surface area (TPSA) is 53.4 Å². The van der Waals surface area contributed by atoms with Crippen LogP contribution in [0.25, 0.3) is 0 Å². The number of carboxylic acid groups (broad SMARTS) is 1. The fourth-order valence-electron chi connectivity index (χ4n) is 1.93. The molecule has 0 amide bonds. The molecule has 0 aliphatic carbocycles. The molecule has 1 N–H and O–H groups in total. The standard InChI is InChI=1S/C10H14N2O2S/c1-12-5-3-2-4-8(12)9-11-7(6-15-9)10(13)14/h6,8H,2-5H2,1H3,(H,13,14). The highest BCUT2D eigenvalue weighted by Crippen LogP contribution is 2.31. The first-order valence-corrected chi connectivity index (χ1v) is 5.95. The van der Waals surface area contributed by atoms with Crippen LogP contribution in [0.3, 0.4) is 0 Å². The molecular weight excluding hydrogens is 212 g/mol. The lowest BCUT2D eigenvalue weighted by molar-refractivity contribution is 0.0690.